The number of nitrogens with one attached hydrogen (secondary N) is 1. The lowest BCUT2D eigenvalue weighted by Crippen LogP contribution is -2.22. The summed E-state index contributed by atoms with van der Waals surface area (Å²) in [5.41, 5.74) is 0.963. The zero-order chi connectivity index (χ0) is 18.5. The molecular formula is C19H20BrN3O3. The van der Waals surface area contributed by atoms with Crippen LogP contribution < -0.4 is 10.1 Å². The molecule has 0 aliphatic heterocycles. The molecule has 2 heterocycles. The van der Waals surface area contributed by atoms with Gasteiger partial charge < -0.3 is 14.5 Å². The van der Waals surface area contributed by atoms with Gasteiger partial charge in [-0.1, -0.05) is 12.1 Å². The van der Waals surface area contributed by atoms with Gasteiger partial charge in [-0.2, -0.15) is 5.10 Å². The zero-order valence-electron chi connectivity index (χ0n) is 14.6. The van der Waals surface area contributed by atoms with Crippen molar-refractivity contribution in [3.8, 4) is 5.75 Å². The maximum absolute atomic E-state index is 12.3. The van der Waals surface area contributed by atoms with Crippen molar-refractivity contribution in [2.24, 2.45) is 0 Å². The molecule has 1 amide bonds. The van der Waals surface area contributed by atoms with Gasteiger partial charge in [0.05, 0.1) is 23.3 Å². The number of rotatable bonds is 7. The molecule has 3 aromatic rings. The molecule has 1 N–H and O–H groups in total. The van der Waals surface area contributed by atoms with E-state index in [4.69, 9.17) is 9.15 Å². The Bertz CT molecular complexity index is 886. The maximum atomic E-state index is 12.3. The van der Waals surface area contributed by atoms with Crippen LogP contribution in [0.2, 0.25) is 0 Å². The van der Waals surface area contributed by atoms with E-state index in [-0.39, 0.29) is 17.8 Å². The van der Waals surface area contributed by atoms with Gasteiger partial charge in [0.1, 0.15) is 11.5 Å². The third kappa shape index (κ3) is 4.98. The molecule has 6 nitrogen and oxygen atoms in total. The lowest BCUT2D eigenvalue weighted by Gasteiger charge is -2.11. The summed E-state index contributed by atoms with van der Waals surface area (Å²) < 4.78 is 13.9. The third-order valence-electron chi connectivity index (χ3n) is 3.53. The smallest absolute Gasteiger partial charge is 0.287 e. The maximum Gasteiger partial charge on any atom is 0.287 e. The van der Waals surface area contributed by atoms with Crippen LogP contribution >= 0.6 is 15.9 Å². The first kappa shape index (κ1) is 18.3. The van der Waals surface area contributed by atoms with E-state index in [1.807, 2.05) is 44.3 Å². The highest BCUT2D eigenvalue weighted by Crippen LogP contribution is 2.16. The van der Waals surface area contributed by atoms with Gasteiger partial charge in [-0.15, -0.1) is 0 Å². The number of benzene rings is 1. The van der Waals surface area contributed by atoms with Crippen molar-refractivity contribution in [3.05, 3.63) is 70.3 Å². The molecule has 136 valence electrons. The van der Waals surface area contributed by atoms with Crippen molar-refractivity contribution in [2.45, 2.75) is 33.0 Å². The number of halogens is 1. The molecule has 3 rings (SSSR count). The number of carbonyl (C=O) groups is 1. The normalized spacial score (nSPS) is 10.9. The minimum atomic E-state index is -0.256. The molecule has 0 saturated carbocycles. The third-order valence-corrected chi connectivity index (χ3v) is 3.94. The highest BCUT2D eigenvalue weighted by molar-refractivity contribution is 9.10. The first-order valence-corrected chi connectivity index (χ1v) is 9.09. The molecule has 0 aliphatic rings. The summed E-state index contributed by atoms with van der Waals surface area (Å²) in [6.07, 6.45) is 3.65. The van der Waals surface area contributed by atoms with Gasteiger partial charge in [0.2, 0.25) is 0 Å². The minimum absolute atomic E-state index is 0.108. The number of aromatic nitrogens is 2. The van der Waals surface area contributed by atoms with Crippen LogP contribution in [-0.4, -0.2) is 21.8 Å². The molecule has 0 saturated heterocycles. The Morgan fingerprint density at radius 3 is 2.92 bits per heavy atom. The summed E-state index contributed by atoms with van der Waals surface area (Å²) >= 11 is 3.35. The molecule has 26 heavy (non-hydrogen) atoms. The van der Waals surface area contributed by atoms with Crippen LogP contribution in [0, 0.1) is 0 Å². The van der Waals surface area contributed by atoms with Crippen molar-refractivity contribution < 1.29 is 13.9 Å². The van der Waals surface area contributed by atoms with Gasteiger partial charge in [-0.05, 0) is 59.6 Å². The van der Waals surface area contributed by atoms with E-state index < -0.39 is 0 Å². The summed E-state index contributed by atoms with van der Waals surface area (Å²) in [7, 11) is 0. The fourth-order valence-corrected chi connectivity index (χ4v) is 2.77. The number of hydrogen-bond acceptors (Lipinski definition) is 4. The molecule has 0 aliphatic carbocycles. The van der Waals surface area contributed by atoms with Gasteiger partial charge >= 0.3 is 0 Å². The van der Waals surface area contributed by atoms with E-state index >= 15 is 0 Å². The van der Waals surface area contributed by atoms with E-state index in [9.17, 15) is 4.79 Å². The molecular weight excluding hydrogens is 398 g/mol. The van der Waals surface area contributed by atoms with Crippen LogP contribution in [0.5, 0.6) is 5.75 Å². The molecule has 0 spiro atoms. The zero-order valence-corrected chi connectivity index (χ0v) is 16.2. The number of ether oxygens (including phenoxy) is 1. The van der Waals surface area contributed by atoms with Crippen LogP contribution in [0.15, 0.2) is 57.7 Å². The lowest BCUT2D eigenvalue weighted by molar-refractivity contribution is 0.0921. The van der Waals surface area contributed by atoms with E-state index in [0.717, 1.165) is 15.8 Å². The van der Waals surface area contributed by atoms with Crippen molar-refractivity contribution >= 4 is 21.8 Å². The molecule has 2 aromatic heterocycles. The van der Waals surface area contributed by atoms with Gasteiger partial charge in [0.25, 0.3) is 5.91 Å². The summed E-state index contributed by atoms with van der Waals surface area (Å²) in [4.78, 5) is 12.3. The Labute approximate surface area is 160 Å². The topological polar surface area (TPSA) is 69.3 Å². The fourth-order valence-electron chi connectivity index (χ4n) is 2.44. The lowest BCUT2D eigenvalue weighted by atomic mass is 10.2. The summed E-state index contributed by atoms with van der Waals surface area (Å²) in [6.45, 7) is 4.82. The number of carbonyl (C=O) groups excluding carboxylic acids is 1. The quantitative estimate of drug-likeness (QED) is 0.630. The molecule has 0 atom stereocenters. The average Bonchev–Trinajstić information content (AvgIpc) is 3.22. The van der Waals surface area contributed by atoms with Crippen LogP contribution in [0.3, 0.4) is 0 Å². The monoisotopic (exact) mass is 417 g/mol. The van der Waals surface area contributed by atoms with Crippen LogP contribution in [0.25, 0.3) is 0 Å². The molecule has 0 fully saturated rings. The standard InChI is InChI=1S/C19H20BrN3O3/c1-13(2)25-16-5-3-4-14(8-16)9-21-19(24)18-7-6-17(26-18)12-23-11-15(20)10-22-23/h3-8,10-11,13H,9,12H2,1-2H3,(H,21,24). The van der Waals surface area contributed by atoms with Crippen LogP contribution in [0.1, 0.15) is 35.7 Å². The largest absolute Gasteiger partial charge is 0.491 e. The second-order valence-corrected chi connectivity index (χ2v) is 7.03. The number of furan rings is 1. The molecule has 1 aromatic carbocycles. The predicted octanol–water partition coefficient (Wildman–Crippen LogP) is 4.00. The summed E-state index contributed by atoms with van der Waals surface area (Å²) in [6, 6.07) is 11.1. The second kappa shape index (κ2) is 8.23. The van der Waals surface area contributed by atoms with Crippen molar-refractivity contribution in [3.63, 3.8) is 0 Å². The van der Waals surface area contributed by atoms with Crippen molar-refractivity contribution in [2.75, 3.05) is 0 Å². The van der Waals surface area contributed by atoms with E-state index in [1.165, 1.54) is 0 Å². The van der Waals surface area contributed by atoms with Gasteiger partial charge in [0, 0.05) is 12.7 Å². The highest BCUT2D eigenvalue weighted by Gasteiger charge is 2.12. The van der Waals surface area contributed by atoms with Crippen LogP contribution in [-0.2, 0) is 13.1 Å². The Kier molecular flexibility index (Phi) is 5.78. The molecule has 0 radical (unpaired) electrons. The number of nitrogens with zero attached hydrogens (tertiary/aromatic N) is 2. The Morgan fingerprint density at radius 2 is 2.19 bits per heavy atom. The number of hydrogen-bond donors (Lipinski definition) is 1. The second-order valence-electron chi connectivity index (χ2n) is 6.12. The van der Waals surface area contributed by atoms with E-state index in [0.29, 0.717) is 18.8 Å². The van der Waals surface area contributed by atoms with Crippen molar-refractivity contribution in [1.82, 2.24) is 15.1 Å². The SMILES string of the molecule is CC(C)Oc1cccc(CNC(=O)c2ccc(Cn3cc(Br)cn3)o2)c1. The molecule has 0 unspecified atom stereocenters. The Hall–Kier alpha value is -2.54. The van der Waals surface area contributed by atoms with Gasteiger partial charge in [0.15, 0.2) is 5.76 Å². The minimum Gasteiger partial charge on any atom is -0.491 e. The molecule has 0 bridgehead atoms. The first-order chi connectivity index (χ1) is 12.5. The summed E-state index contributed by atoms with van der Waals surface area (Å²) in [5, 5.41) is 7.03. The fraction of sp³-hybridized carbons (Fsp3) is 0.263. The average molecular weight is 418 g/mol. The highest BCUT2D eigenvalue weighted by atomic mass is 79.9. The summed E-state index contributed by atoms with van der Waals surface area (Å²) in [5.74, 6) is 1.48. The van der Waals surface area contributed by atoms with Gasteiger partial charge in [-0.25, -0.2) is 0 Å². The van der Waals surface area contributed by atoms with Crippen molar-refractivity contribution in [1.29, 1.82) is 0 Å². The Morgan fingerprint density at radius 1 is 1.35 bits per heavy atom. The van der Waals surface area contributed by atoms with Crippen LogP contribution in [0.4, 0.5) is 0 Å². The predicted molar refractivity (Wildman–Crippen MR) is 101 cm³/mol. The number of amides is 1. The Balaban J connectivity index is 1.57. The molecule has 7 heteroatoms. The van der Waals surface area contributed by atoms with E-state index in [2.05, 4.69) is 26.3 Å². The van der Waals surface area contributed by atoms with Gasteiger partial charge in [-0.3, -0.25) is 9.48 Å². The first-order valence-electron chi connectivity index (χ1n) is 8.30. The van der Waals surface area contributed by atoms with E-state index in [1.54, 1.807) is 23.0 Å².